The Morgan fingerprint density at radius 3 is 2.50 bits per heavy atom. The van der Waals surface area contributed by atoms with Crippen LogP contribution in [0.1, 0.15) is 71.1 Å². The summed E-state index contributed by atoms with van der Waals surface area (Å²) in [5, 5.41) is 9.12. The maximum Gasteiger partial charge on any atom is 0.306 e. The number of hydrogen-bond acceptors (Lipinski definition) is 1. The average molecular weight is 252 g/mol. The number of hydrogen-bond donors (Lipinski definition) is 1. The van der Waals surface area contributed by atoms with Crippen molar-refractivity contribution in [3.05, 3.63) is 0 Å². The third-order valence-electron chi connectivity index (χ3n) is 5.29. The van der Waals surface area contributed by atoms with Gasteiger partial charge in [0.15, 0.2) is 0 Å². The number of unbranched alkanes of at least 4 members (excludes halogenated alkanes) is 2. The molecule has 2 nitrogen and oxygen atoms in total. The van der Waals surface area contributed by atoms with Crippen LogP contribution in [0, 0.1) is 23.7 Å². The molecule has 2 aliphatic carbocycles. The molecule has 0 aliphatic heterocycles. The molecule has 0 aromatic rings. The molecule has 4 atom stereocenters. The molecule has 2 aliphatic rings. The summed E-state index contributed by atoms with van der Waals surface area (Å²) < 4.78 is 0. The highest BCUT2D eigenvalue weighted by Gasteiger charge is 2.37. The zero-order valence-corrected chi connectivity index (χ0v) is 11.7. The summed E-state index contributed by atoms with van der Waals surface area (Å²) in [6, 6.07) is 0. The van der Waals surface area contributed by atoms with E-state index in [0.717, 1.165) is 30.6 Å². The molecule has 0 aromatic heterocycles. The molecule has 0 radical (unpaired) electrons. The Hall–Kier alpha value is -0.530. The summed E-state index contributed by atoms with van der Waals surface area (Å²) in [5.74, 6) is 1.92. The van der Waals surface area contributed by atoms with E-state index in [-0.39, 0.29) is 5.92 Å². The Kier molecular flexibility index (Phi) is 5.08. The Bertz CT molecular complexity index is 274. The fourth-order valence-corrected chi connectivity index (χ4v) is 4.16. The molecule has 0 aromatic carbocycles. The second-order valence-corrected chi connectivity index (χ2v) is 6.54. The van der Waals surface area contributed by atoms with Crippen LogP contribution in [0.5, 0.6) is 0 Å². The van der Waals surface area contributed by atoms with E-state index in [2.05, 4.69) is 6.92 Å². The van der Waals surface area contributed by atoms with Gasteiger partial charge in [0.1, 0.15) is 0 Å². The van der Waals surface area contributed by atoms with Crippen molar-refractivity contribution < 1.29 is 9.90 Å². The zero-order chi connectivity index (χ0) is 13.0. The van der Waals surface area contributed by atoms with Crippen molar-refractivity contribution in [1.82, 2.24) is 0 Å². The predicted octanol–water partition coefficient (Wildman–Crippen LogP) is 4.48. The van der Waals surface area contributed by atoms with Gasteiger partial charge in [-0.05, 0) is 49.9 Å². The molecule has 0 heterocycles. The first-order valence-corrected chi connectivity index (χ1v) is 7.93. The average Bonchev–Trinajstić information content (AvgIpc) is 2.38. The molecule has 2 rings (SSSR count). The molecule has 0 spiro atoms. The van der Waals surface area contributed by atoms with Gasteiger partial charge in [-0.15, -0.1) is 0 Å². The second-order valence-electron chi connectivity index (χ2n) is 6.54. The number of carbonyl (C=O) groups is 1. The molecule has 18 heavy (non-hydrogen) atoms. The lowest BCUT2D eigenvalue weighted by Gasteiger charge is -2.41. The van der Waals surface area contributed by atoms with Gasteiger partial charge >= 0.3 is 5.97 Å². The fourth-order valence-electron chi connectivity index (χ4n) is 4.16. The number of carboxylic acid groups (broad SMARTS) is 1. The van der Waals surface area contributed by atoms with Gasteiger partial charge in [-0.2, -0.15) is 0 Å². The van der Waals surface area contributed by atoms with E-state index in [0.29, 0.717) is 0 Å². The molecule has 104 valence electrons. The van der Waals surface area contributed by atoms with E-state index >= 15 is 0 Å². The fraction of sp³-hybridized carbons (Fsp3) is 0.938. The summed E-state index contributed by atoms with van der Waals surface area (Å²) in [6.07, 6.45) is 12.6. The van der Waals surface area contributed by atoms with Gasteiger partial charge in [0, 0.05) is 0 Å². The summed E-state index contributed by atoms with van der Waals surface area (Å²) in [4.78, 5) is 11.1. The van der Waals surface area contributed by atoms with Gasteiger partial charge in [0.2, 0.25) is 0 Å². The van der Waals surface area contributed by atoms with Crippen molar-refractivity contribution in [3.63, 3.8) is 0 Å². The maximum atomic E-state index is 11.1. The normalized spacial score (nSPS) is 36.1. The van der Waals surface area contributed by atoms with Gasteiger partial charge in [-0.25, -0.2) is 0 Å². The number of rotatable bonds is 5. The first-order chi connectivity index (χ1) is 8.70. The van der Waals surface area contributed by atoms with Crippen LogP contribution >= 0.6 is 0 Å². The molecular formula is C16H28O2. The molecule has 0 bridgehead atoms. The van der Waals surface area contributed by atoms with Crippen molar-refractivity contribution in [2.75, 3.05) is 0 Å². The van der Waals surface area contributed by atoms with E-state index < -0.39 is 5.97 Å². The van der Waals surface area contributed by atoms with E-state index in [1.54, 1.807) is 0 Å². The van der Waals surface area contributed by atoms with Crippen molar-refractivity contribution >= 4 is 5.97 Å². The van der Waals surface area contributed by atoms with Crippen LogP contribution in [-0.2, 0) is 4.79 Å². The van der Waals surface area contributed by atoms with Crippen LogP contribution < -0.4 is 0 Å². The summed E-state index contributed by atoms with van der Waals surface area (Å²) >= 11 is 0. The van der Waals surface area contributed by atoms with E-state index in [4.69, 9.17) is 5.11 Å². The van der Waals surface area contributed by atoms with Crippen molar-refractivity contribution in [3.8, 4) is 0 Å². The van der Waals surface area contributed by atoms with Crippen molar-refractivity contribution in [1.29, 1.82) is 0 Å². The lowest BCUT2D eigenvalue weighted by atomic mass is 9.64. The van der Waals surface area contributed by atoms with Crippen LogP contribution in [0.3, 0.4) is 0 Å². The highest BCUT2D eigenvalue weighted by atomic mass is 16.4. The topological polar surface area (TPSA) is 37.3 Å². The Morgan fingerprint density at radius 2 is 1.78 bits per heavy atom. The van der Waals surface area contributed by atoms with E-state index in [9.17, 15) is 4.79 Å². The van der Waals surface area contributed by atoms with Crippen LogP contribution in [0.25, 0.3) is 0 Å². The molecule has 2 saturated carbocycles. The lowest BCUT2D eigenvalue weighted by Crippen LogP contribution is -2.33. The SMILES string of the molecule is CCCCCC1CCC2C[C@H](C(=O)O)CC[C@@H]2C1. The minimum Gasteiger partial charge on any atom is -0.481 e. The number of fused-ring (bicyclic) bond motifs is 1. The Balaban J connectivity index is 1.77. The van der Waals surface area contributed by atoms with Crippen molar-refractivity contribution in [2.45, 2.75) is 71.1 Å². The smallest absolute Gasteiger partial charge is 0.306 e. The molecule has 2 unspecified atom stereocenters. The lowest BCUT2D eigenvalue weighted by molar-refractivity contribution is -0.144. The maximum absolute atomic E-state index is 11.1. The standard InChI is InChI=1S/C16H28O2/c1-2-3-4-5-12-6-7-14-11-15(16(17)18)9-8-13(14)10-12/h12-15H,2-11H2,1H3,(H,17,18)/t12?,13-,14?,15-/m1/s1. The quantitative estimate of drug-likeness (QED) is 0.732. The Morgan fingerprint density at radius 1 is 1.06 bits per heavy atom. The van der Waals surface area contributed by atoms with Gasteiger partial charge in [-0.1, -0.05) is 39.0 Å². The van der Waals surface area contributed by atoms with Gasteiger partial charge in [-0.3, -0.25) is 4.79 Å². The number of carboxylic acids is 1. The van der Waals surface area contributed by atoms with Crippen LogP contribution in [-0.4, -0.2) is 11.1 Å². The number of aliphatic carboxylic acids is 1. The first kappa shape index (κ1) is 13.9. The van der Waals surface area contributed by atoms with E-state index in [1.807, 2.05) is 0 Å². The van der Waals surface area contributed by atoms with Crippen LogP contribution in [0.4, 0.5) is 0 Å². The summed E-state index contributed by atoms with van der Waals surface area (Å²) in [5.41, 5.74) is 0. The largest absolute Gasteiger partial charge is 0.481 e. The van der Waals surface area contributed by atoms with Gasteiger partial charge in [0.05, 0.1) is 5.92 Å². The second kappa shape index (κ2) is 6.58. The molecule has 0 amide bonds. The van der Waals surface area contributed by atoms with Gasteiger partial charge < -0.3 is 5.11 Å². The van der Waals surface area contributed by atoms with Crippen LogP contribution in [0.2, 0.25) is 0 Å². The predicted molar refractivity (Wildman–Crippen MR) is 73.4 cm³/mol. The molecule has 1 N–H and O–H groups in total. The van der Waals surface area contributed by atoms with Crippen molar-refractivity contribution in [2.24, 2.45) is 23.7 Å². The molecule has 2 fully saturated rings. The van der Waals surface area contributed by atoms with Crippen LogP contribution in [0.15, 0.2) is 0 Å². The third kappa shape index (κ3) is 3.49. The minimum absolute atomic E-state index is 0.0390. The molecule has 2 heteroatoms. The monoisotopic (exact) mass is 252 g/mol. The molecule has 0 saturated heterocycles. The third-order valence-corrected chi connectivity index (χ3v) is 5.29. The minimum atomic E-state index is -0.557. The highest BCUT2D eigenvalue weighted by Crippen LogP contribution is 2.45. The van der Waals surface area contributed by atoms with Gasteiger partial charge in [0.25, 0.3) is 0 Å². The summed E-state index contributed by atoms with van der Waals surface area (Å²) in [7, 11) is 0. The summed E-state index contributed by atoms with van der Waals surface area (Å²) in [6.45, 7) is 2.27. The zero-order valence-electron chi connectivity index (χ0n) is 11.7. The first-order valence-electron chi connectivity index (χ1n) is 7.93. The molecular weight excluding hydrogens is 224 g/mol. The Labute approximate surface area is 111 Å². The van der Waals surface area contributed by atoms with E-state index in [1.165, 1.54) is 51.4 Å². The highest BCUT2D eigenvalue weighted by molar-refractivity contribution is 5.70.